The van der Waals surface area contributed by atoms with Crippen molar-refractivity contribution in [1.82, 2.24) is 9.78 Å². The van der Waals surface area contributed by atoms with Crippen molar-refractivity contribution in [2.75, 3.05) is 16.9 Å². The zero-order chi connectivity index (χ0) is 14.7. The van der Waals surface area contributed by atoms with E-state index in [1.54, 1.807) is 17.9 Å². The van der Waals surface area contributed by atoms with Gasteiger partial charge in [0.1, 0.15) is 11.4 Å². The molecule has 1 aliphatic rings. The number of para-hydroxylation sites is 2. The van der Waals surface area contributed by atoms with Crippen molar-refractivity contribution in [3.8, 4) is 0 Å². The van der Waals surface area contributed by atoms with Crippen LogP contribution in [0.4, 0.5) is 17.2 Å². The third-order valence-electron chi connectivity index (χ3n) is 2.61. The van der Waals surface area contributed by atoms with E-state index in [0.29, 0.717) is 11.4 Å². The van der Waals surface area contributed by atoms with E-state index in [1.165, 1.54) is 6.26 Å². The van der Waals surface area contributed by atoms with Crippen LogP contribution in [-0.2, 0) is 17.8 Å². The smallest absolute Gasteiger partial charge is 0.338 e. The van der Waals surface area contributed by atoms with E-state index in [2.05, 4.69) is 22.0 Å². The Kier molecular flexibility index (Phi) is 6.60. The van der Waals surface area contributed by atoms with E-state index in [4.69, 9.17) is 0 Å². The molecule has 2 heterocycles. The number of amides is 1. The maximum absolute atomic E-state index is 11.9. The number of aromatic nitrogens is 2. The van der Waals surface area contributed by atoms with E-state index < -0.39 is 10.8 Å². The SMILES string of the molecule is Cn1ncc2c1Nc1ccccc1NC2=O.[CH2-]S(C)=O.[Na+]. The van der Waals surface area contributed by atoms with Gasteiger partial charge in [-0.1, -0.05) is 12.1 Å². The summed E-state index contributed by atoms with van der Waals surface area (Å²) in [5.41, 5.74) is 2.21. The number of hydrogen-bond donors (Lipinski definition) is 2. The molecule has 0 aliphatic carbocycles. The second-order valence-corrected chi connectivity index (χ2v) is 5.37. The first-order valence-electron chi connectivity index (χ1n) is 5.81. The summed E-state index contributed by atoms with van der Waals surface area (Å²) in [6, 6.07) is 7.58. The average Bonchev–Trinajstić information content (AvgIpc) is 2.66. The summed E-state index contributed by atoms with van der Waals surface area (Å²) >= 11 is 0. The van der Waals surface area contributed by atoms with E-state index in [1.807, 2.05) is 24.3 Å². The molecule has 0 fully saturated rings. The first kappa shape index (κ1) is 17.9. The van der Waals surface area contributed by atoms with Crippen molar-refractivity contribution in [2.45, 2.75) is 0 Å². The minimum atomic E-state index is -0.861. The van der Waals surface area contributed by atoms with E-state index >= 15 is 0 Å². The molecule has 0 radical (unpaired) electrons. The molecule has 0 saturated heterocycles. The normalized spacial score (nSPS) is 13.0. The molecule has 0 bridgehead atoms. The molecule has 1 amide bonds. The molecule has 3 rings (SSSR count). The number of carbonyl (C=O) groups excluding carboxylic acids is 1. The first-order valence-corrected chi connectivity index (χ1v) is 7.54. The van der Waals surface area contributed by atoms with Crippen LogP contribution in [0.1, 0.15) is 10.4 Å². The van der Waals surface area contributed by atoms with Crippen molar-refractivity contribution in [3.05, 3.63) is 42.3 Å². The average molecular weight is 314 g/mol. The van der Waals surface area contributed by atoms with E-state index in [-0.39, 0.29) is 35.5 Å². The number of nitrogens with zero attached hydrogens (tertiary/aromatic N) is 2. The van der Waals surface area contributed by atoms with Gasteiger partial charge in [0.15, 0.2) is 0 Å². The number of hydrogen-bond acceptors (Lipinski definition) is 4. The molecule has 1 aliphatic heterocycles. The van der Waals surface area contributed by atoms with Crippen molar-refractivity contribution >= 4 is 33.9 Å². The molecule has 8 heteroatoms. The van der Waals surface area contributed by atoms with Gasteiger partial charge < -0.3 is 10.6 Å². The van der Waals surface area contributed by atoms with Gasteiger partial charge in [-0.2, -0.15) is 5.10 Å². The third kappa shape index (κ3) is 4.41. The predicted octanol–water partition coefficient (Wildman–Crippen LogP) is -1.11. The Balaban J connectivity index is 0.000000397. The molecule has 106 valence electrons. The molecule has 0 saturated carbocycles. The van der Waals surface area contributed by atoms with Crippen molar-refractivity contribution in [2.24, 2.45) is 7.05 Å². The second-order valence-electron chi connectivity index (χ2n) is 4.23. The first-order chi connectivity index (χ1) is 9.49. The number of nitrogens with one attached hydrogen (secondary N) is 2. The third-order valence-corrected chi connectivity index (χ3v) is 2.61. The van der Waals surface area contributed by atoms with Crippen LogP contribution in [0.5, 0.6) is 0 Å². The summed E-state index contributed by atoms with van der Waals surface area (Å²) in [7, 11) is 0.938. The number of rotatable bonds is 0. The molecule has 1 aromatic heterocycles. The van der Waals surface area contributed by atoms with Gasteiger partial charge in [-0.3, -0.25) is 19.9 Å². The number of carbonyl (C=O) groups is 1. The number of benzene rings is 1. The van der Waals surface area contributed by atoms with Crippen LogP contribution in [0.2, 0.25) is 0 Å². The quantitative estimate of drug-likeness (QED) is 0.478. The fraction of sp³-hybridized carbons (Fsp3) is 0.154. The monoisotopic (exact) mass is 314 g/mol. The Bertz CT molecular complexity index is 668. The number of aryl methyl sites for hydroxylation is 1. The van der Waals surface area contributed by atoms with Gasteiger partial charge in [0.25, 0.3) is 5.91 Å². The zero-order valence-corrected chi connectivity index (χ0v) is 15.0. The predicted molar refractivity (Wildman–Crippen MR) is 80.3 cm³/mol. The standard InChI is InChI=1S/C11H10N4O.C2H5OS.Na/c1-15-10-7(6-12-15)11(16)14-9-5-3-2-4-8(9)13-10;1-4(2)3;/h2-6,13H,1H3,(H,14,16);1H2,2H3;/q;-1;+1. The molecule has 6 nitrogen and oxygen atoms in total. The maximum Gasteiger partial charge on any atom is 1.00 e. The summed E-state index contributed by atoms with van der Waals surface area (Å²) in [5.74, 6) is 0.572. The van der Waals surface area contributed by atoms with Crippen molar-refractivity contribution in [1.29, 1.82) is 0 Å². The topological polar surface area (TPSA) is 76.0 Å². The Hall–Kier alpha value is -1.15. The second kappa shape index (κ2) is 7.74. The summed E-state index contributed by atoms with van der Waals surface area (Å²) in [6.07, 6.45) is 6.20. The molecular weight excluding hydrogens is 299 g/mol. The van der Waals surface area contributed by atoms with Gasteiger partial charge in [0.05, 0.1) is 17.6 Å². The maximum atomic E-state index is 11.9. The number of anilines is 3. The van der Waals surface area contributed by atoms with E-state index in [0.717, 1.165) is 11.4 Å². The summed E-state index contributed by atoms with van der Waals surface area (Å²) in [5, 5.41) is 10.1. The van der Waals surface area contributed by atoms with Crippen molar-refractivity contribution in [3.63, 3.8) is 0 Å². The van der Waals surface area contributed by atoms with Gasteiger partial charge in [0.2, 0.25) is 0 Å². The fourth-order valence-electron chi connectivity index (χ4n) is 1.77. The Morgan fingerprint density at radius 3 is 2.33 bits per heavy atom. The molecule has 1 aromatic carbocycles. The summed E-state index contributed by atoms with van der Waals surface area (Å²) < 4.78 is 11.1. The van der Waals surface area contributed by atoms with E-state index in [9.17, 15) is 9.00 Å². The molecule has 2 aromatic rings. The largest absolute Gasteiger partial charge is 1.00 e. The fourth-order valence-corrected chi connectivity index (χ4v) is 1.77. The van der Waals surface area contributed by atoms with Gasteiger partial charge in [-0.15, -0.1) is 10.8 Å². The van der Waals surface area contributed by atoms with Crippen LogP contribution in [0, 0.1) is 6.26 Å². The Labute approximate surface area is 148 Å². The molecule has 1 unspecified atom stereocenters. The van der Waals surface area contributed by atoms with Gasteiger partial charge in [-0.05, 0) is 18.4 Å². The van der Waals surface area contributed by atoms with Gasteiger partial charge in [-0.25, -0.2) is 0 Å². The van der Waals surface area contributed by atoms with Crippen LogP contribution in [0.15, 0.2) is 30.5 Å². The minimum Gasteiger partial charge on any atom is -0.338 e. The molecule has 2 N–H and O–H groups in total. The van der Waals surface area contributed by atoms with Gasteiger partial charge >= 0.3 is 29.6 Å². The van der Waals surface area contributed by atoms with Gasteiger partial charge in [0, 0.05) is 7.05 Å². The van der Waals surface area contributed by atoms with Crippen LogP contribution in [-0.4, -0.2) is 26.2 Å². The number of fused-ring (bicyclic) bond motifs is 2. The summed E-state index contributed by atoms with van der Waals surface area (Å²) in [6.45, 7) is 0. The molecule has 1 atom stereocenters. The zero-order valence-electron chi connectivity index (χ0n) is 12.2. The minimum absolute atomic E-state index is 0. The van der Waals surface area contributed by atoms with Crippen LogP contribution < -0.4 is 40.2 Å². The molecule has 0 spiro atoms. The summed E-state index contributed by atoms with van der Waals surface area (Å²) in [4.78, 5) is 11.9. The van der Waals surface area contributed by atoms with Crippen LogP contribution in [0.25, 0.3) is 0 Å². The van der Waals surface area contributed by atoms with Crippen LogP contribution in [0.3, 0.4) is 0 Å². The van der Waals surface area contributed by atoms with Crippen molar-refractivity contribution < 1.29 is 38.6 Å². The molecular formula is C13H15N4NaO2S. The Morgan fingerprint density at radius 2 is 1.76 bits per heavy atom. The Morgan fingerprint density at radius 1 is 1.24 bits per heavy atom. The van der Waals surface area contributed by atoms with Crippen LogP contribution >= 0.6 is 0 Å². The molecule has 21 heavy (non-hydrogen) atoms.